The first-order valence-electron chi connectivity index (χ1n) is 9.61. The SMILES string of the molecule is FC1(F)c2cc3nc(-c4ccccc4)n(-c4ccccc4)c3cc2C(F)(F)C(F)(F)C1(F)F. The van der Waals surface area contributed by atoms with E-state index in [-0.39, 0.29) is 16.9 Å². The Morgan fingerprint density at radius 1 is 0.606 bits per heavy atom. The van der Waals surface area contributed by atoms with Crippen molar-refractivity contribution in [1.29, 1.82) is 0 Å². The average Bonchev–Trinajstić information content (AvgIpc) is 3.17. The summed E-state index contributed by atoms with van der Waals surface area (Å²) in [7, 11) is 0. The molecule has 1 aromatic heterocycles. The van der Waals surface area contributed by atoms with Crippen LogP contribution in [0.15, 0.2) is 72.8 Å². The highest BCUT2D eigenvalue weighted by Gasteiger charge is 2.85. The fraction of sp³-hybridized carbons (Fsp3) is 0.174. The van der Waals surface area contributed by atoms with Gasteiger partial charge in [-0.05, 0) is 24.3 Å². The highest BCUT2D eigenvalue weighted by atomic mass is 19.4. The van der Waals surface area contributed by atoms with Crippen LogP contribution < -0.4 is 0 Å². The summed E-state index contributed by atoms with van der Waals surface area (Å²) >= 11 is 0. The van der Waals surface area contributed by atoms with Crippen LogP contribution in [-0.2, 0) is 11.8 Å². The second-order valence-electron chi connectivity index (χ2n) is 7.66. The predicted octanol–water partition coefficient (Wildman–Crippen LogP) is 7.16. The molecule has 0 atom stereocenters. The zero-order valence-electron chi connectivity index (χ0n) is 16.3. The molecule has 5 rings (SSSR count). The second kappa shape index (κ2) is 6.55. The van der Waals surface area contributed by atoms with Crippen LogP contribution in [0.1, 0.15) is 11.1 Å². The van der Waals surface area contributed by atoms with E-state index < -0.39 is 34.8 Å². The molecule has 0 unspecified atom stereocenters. The molecule has 0 spiro atoms. The number of rotatable bonds is 2. The van der Waals surface area contributed by atoms with Gasteiger partial charge in [-0.2, -0.15) is 35.1 Å². The first-order valence-corrected chi connectivity index (χ1v) is 9.61. The summed E-state index contributed by atoms with van der Waals surface area (Å²) in [4.78, 5) is 4.22. The van der Waals surface area contributed by atoms with E-state index in [1.54, 1.807) is 60.7 Å². The van der Waals surface area contributed by atoms with Gasteiger partial charge in [0.15, 0.2) is 0 Å². The van der Waals surface area contributed by atoms with Crippen LogP contribution in [0.3, 0.4) is 0 Å². The predicted molar refractivity (Wildman–Crippen MR) is 104 cm³/mol. The monoisotopic (exact) mass is 468 g/mol. The highest BCUT2D eigenvalue weighted by molar-refractivity contribution is 5.85. The largest absolute Gasteiger partial charge is 0.382 e. The maximum absolute atomic E-state index is 14.6. The molecule has 0 radical (unpaired) electrons. The lowest BCUT2D eigenvalue weighted by atomic mass is 9.80. The molecular formula is C23H12F8N2. The standard InChI is InChI=1S/C23H12F8N2/c24-20(25)15-11-17-18(12-16(15)21(26,27)23(30,31)22(20,28)29)33(14-9-5-2-6-10-14)19(32-17)13-7-3-1-4-8-13/h1-12H. The van der Waals surface area contributed by atoms with Crippen LogP contribution >= 0.6 is 0 Å². The van der Waals surface area contributed by atoms with Crippen molar-refractivity contribution in [2.75, 3.05) is 0 Å². The first-order chi connectivity index (χ1) is 15.4. The van der Waals surface area contributed by atoms with Gasteiger partial charge in [-0.1, -0.05) is 48.5 Å². The Bertz CT molecular complexity index is 1360. The van der Waals surface area contributed by atoms with Gasteiger partial charge in [0, 0.05) is 22.4 Å². The van der Waals surface area contributed by atoms with Gasteiger partial charge in [-0.15, -0.1) is 0 Å². The summed E-state index contributed by atoms with van der Waals surface area (Å²) in [5.41, 5.74) is -3.45. The number of fused-ring (bicyclic) bond motifs is 2. The van der Waals surface area contributed by atoms with Crippen LogP contribution in [0.2, 0.25) is 0 Å². The summed E-state index contributed by atoms with van der Waals surface area (Å²) in [6.45, 7) is 0. The van der Waals surface area contributed by atoms with E-state index in [2.05, 4.69) is 4.98 Å². The van der Waals surface area contributed by atoms with E-state index in [0.717, 1.165) is 0 Å². The summed E-state index contributed by atoms with van der Waals surface area (Å²) in [6, 6.07) is 17.0. The second-order valence-corrected chi connectivity index (χ2v) is 7.66. The zero-order valence-corrected chi connectivity index (χ0v) is 16.3. The molecule has 0 saturated carbocycles. The fourth-order valence-corrected chi connectivity index (χ4v) is 4.00. The molecule has 10 heteroatoms. The number of imidazole rings is 1. The minimum atomic E-state index is -6.32. The van der Waals surface area contributed by atoms with Gasteiger partial charge in [-0.3, -0.25) is 4.57 Å². The van der Waals surface area contributed by atoms with Crippen molar-refractivity contribution in [3.05, 3.63) is 83.9 Å². The molecule has 0 fully saturated rings. The Labute approximate surface area is 181 Å². The smallest absolute Gasteiger partial charge is 0.292 e. The maximum atomic E-state index is 14.6. The molecule has 3 aromatic carbocycles. The number of hydrogen-bond donors (Lipinski definition) is 0. The van der Waals surface area contributed by atoms with Crippen LogP contribution in [0.5, 0.6) is 0 Å². The molecule has 1 heterocycles. The normalized spacial score (nSPS) is 19.9. The van der Waals surface area contributed by atoms with E-state index in [1.807, 2.05) is 0 Å². The third kappa shape index (κ3) is 2.63. The van der Waals surface area contributed by atoms with Crippen molar-refractivity contribution < 1.29 is 35.1 Å². The first kappa shape index (κ1) is 21.4. The number of nitrogens with zero attached hydrogens (tertiary/aromatic N) is 2. The lowest BCUT2D eigenvalue weighted by molar-refractivity contribution is -0.386. The summed E-state index contributed by atoms with van der Waals surface area (Å²) in [6.07, 6.45) is 0. The fourth-order valence-electron chi connectivity index (χ4n) is 4.00. The van der Waals surface area contributed by atoms with Gasteiger partial charge in [-0.25, -0.2) is 4.98 Å². The molecule has 170 valence electrons. The summed E-state index contributed by atoms with van der Waals surface area (Å²) in [5, 5.41) is 0. The molecule has 0 aliphatic heterocycles. The average molecular weight is 468 g/mol. The number of para-hydroxylation sites is 1. The number of benzene rings is 3. The van der Waals surface area contributed by atoms with Crippen molar-refractivity contribution in [3.63, 3.8) is 0 Å². The van der Waals surface area contributed by atoms with Crippen molar-refractivity contribution in [1.82, 2.24) is 9.55 Å². The number of alkyl halides is 8. The van der Waals surface area contributed by atoms with Crippen molar-refractivity contribution in [2.45, 2.75) is 23.7 Å². The minimum absolute atomic E-state index is 0.129. The van der Waals surface area contributed by atoms with Crippen molar-refractivity contribution >= 4 is 11.0 Å². The molecule has 4 aromatic rings. The van der Waals surface area contributed by atoms with Gasteiger partial charge in [0.1, 0.15) is 5.82 Å². The lowest BCUT2D eigenvalue weighted by Crippen LogP contribution is -2.63. The van der Waals surface area contributed by atoms with Crippen LogP contribution in [-0.4, -0.2) is 21.4 Å². The van der Waals surface area contributed by atoms with E-state index in [0.29, 0.717) is 23.4 Å². The van der Waals surface area contributed by atoms with Crippen LogP contribution in [0, 0.1) is 0 Å². The topological polar surface area (TPSA) is 17.8 Å². The molecule has 33 heavy (non-hydrogen) atoms. The number of halogens is 8. The van der Waals surface area contributed by atoms with E-state index in [1.165, 1.54) is 4.57 Å². The Balaban J connectivity index is 1.91. The van der Waals surface area contributed by atoms with Crippen LogP contribution in [0.4, 0.5) is 35.1 Å². The molecule has 0 N–H and O–H groups in total. The maximum Gasteiger partial charge on any atom is 0.382 e. The minimum Gasteiger partial charge on any atom is -0.292 e. The van der Waals surface area contributed by atoms with Gasteiger partial charge in [0.2, 0.25) is 0 Å². The van der Waals surface area contributed by atoms with Gasteiger partial charge >= 0.3 is 23.7 Å². The Morgan fingerprint density at radius 2 is 1.09 bits per heavy atom. The third-order valence-corrected chi connectivity index (χ3v) is 5.70. The molecule has 2 nitrogen and oxygen atoms in total. The molecule has 0 amide bonds. The zero-order chi connectivity index (χ0) is 23.8. The Kier molecular flexibility index (Phi) is 4.25. The quantitative estimate of drug-likeness (QED) is 0.286. The molecular weight excluding hydrogens is 456 g/mol. The highest BCUT2D eigenvalue weighted by Crippen LogP contribution is 2.64. The van der Waals surface area contributed by atoms with Gasteiger partial charge in [0.25, 0.3) is 0 Å². The van der Waals surface area contributed by atoms with Crippen LogP contribution in [0.25, 0.3) is 28.1 Å². The Hall–Kier alpha value is -3.43. The molecule has 1 aliphatic rings. The summed E-state index contributed by atoms with van der Waals surface area (Å²) in [5.74, 6) is -23.6. The van der Waals surface area contributed by atoms with E-state index in [4.69, 9.17) is 0 Å². The van der Waals surface area contributed by atoms with E-state index >= 15 is 0 Å². The van der Waals surface area contributed by atoms with Crippen molar-refractivity contribution in [3.8, 4) is 17.1 Å². The number of hydrogen-bond acceptors (Lipinski definition) is 1. The van der Waals surface area contributed by atoms with Crippen molar-refractivity contribution in [2.24, 2.45) is 0 Å². The summed E-state index contributed by atoms with van der Waals surface area (Å²) < 4.78 is 115. The van der Waals surface area contributed by atoms with Gasteiger partial charge in [0.05, 0.1) is 11.0 Å². The van der Waals surface area contributed by atoms with E-state index in [9.17, 15) is 35.1 Å². The lowest BCUT2D eigenvalue weighted by Gasteiger charge is -2.42. The van der Waals surface area contributed by atoms with Gasteiger partial charge < -0.3 is 0 Å². The molecule has 0 bridgehead atoms. The molecule has 0 saturated heterocycles. The molecule has 1 aliphatic carbocycles. The Morgan fingerprint density at radius 3 is 1.64 bits per heavy atom. The number of aromatic nitrogens is 2. The third-order valence-electron chi connectivity index (χ3n) is 5.70.